The van der Waals surface area contributed by atoms with Crippen molar-refractivity contribution >= 4 is 23.0 Å². The first-order valence-corrected chi connectivity index (χ1v) is 13.1. The van der Waals surface area contributed by atoms with E-state index in [4.69, 9.17) is 4.74 Å². The van der Waals surface area contributed by atoms with Crippen LogP contribution in [-0.4, -0.2) is 61.2 Å². The maximum absolute atomic E-state index is 13.6. The third-order valence-electron chi connectivity index (χ3n) is 7.59. The molecule has 3 heterocycles. The Morgan fingerprint density at radius 2 is 1.95 bits per heavy atom. The summed E-state index contributed by atoms with van der Waals surface area (Å²) >= 11 is 0. The summed E-state index contributed by atoms with van der Waals surface area (Å²) in [5.74, 6) is 1.33. The Labute approximate surface area is 218 Å². The second kappa shape index (κ2) is 10.1. The van der Waals surface area contributed by atoms with Crippen molar-refractivity contribution in [2.75, 3.05) is 50.6 Å². The zero-order chi connectivity index (χ0) is 25.4. The topological polar surface area (TPSA) is 70.6 Å². The van der Waals surface area contributed by atoms with E-state index in [2.05, 4.69) is 44.5 Å². The molecule has 0 radical (unpaired) electrons. The third kappa shape index (κ3) is 5.15. The molecule has 1 aliphatic heterocycles. The highest BCUT2D eigenvalue weighted by molar-refractivity contribution is 6.27. The Bertz CT molecular complexity index is 1340. The normalized spacial score (nSPS) is 19.0. The molecule has 3 aliphatic rings. The van der Waals surface area contributed by atoms with Crippen molar-refractivity contribution in [3.05, 3.63) is 77.3 Å². The fourth-order valence-electron chi connectivity index (χ4n) is 5.43. The molecule has 2 aliphatic carbocycles. The first-order valence-electron chi connectivity index (χ1n) is 13.1. The van der Waals surface area contributed by atoms with Gasteiger partial charge in [-0.2, -0.15) is 0 Å². The zero-order valence-electron chi connectivity index (χ0n) is 21.5. The number of benzene rings is 1. The van der Waals surface area contributed by atoms with Gasteiger partial charge in [-0.25, -0.2) is 4.98 Å². The third-order valence-corrected chi connectivity index (χ3v) is 7.59. The molecule has 0 unspecified atom stereocenters. The predicted molar refractivity (Wildman–Crippen MR) is 146 cm³/mol. The van der Waals surface area contributed by atoms with E-state index in [0.717, 1.165) is 80.2 Å². The molecule has 6 rings (SSSR count). The van der Waals surface area contributed by atoms with E-state index in [1.165, 1.54) is 16.7 Å². The van der Waals surface area contributed by atoms with Gasteiger partial charge in [-0.15, -0.1) is 0 Å². The second-order valence-electron chi connectivity index (χ2n) is 10.4. The van der Waals surface area contributed by atoms with Gasteiger partial charge in [0.2, 0.25) is 0 Å². The summed E-state index contributed by atoms with van der Waals surface area (Å²) in [5, 5.41) is 3.11. The largest absolute Gasteiger partial charge is 0.379 e. The number of rotatable bonds is 6. The van der Waals surface area contributed by atoms with Gasteiger partial charge >= 0.3 is 0 Å². The van der Waals surface area contributed by atoms with E-state index in [1.807, 2.05) is 43.5 Å². The minimum atomic E-state index is -0.0450. The van der Waals surface area contributed by atoms with E-state index in [-0.39, 0.29) is 5.91 Å². The molecule has 7 nitrogen and oxygen atoms in total. The molecule has 0 bridgehead atoms. The van der Waals surface area contributed by atoms with Crippen molar-refractivity contribution in [1.29, 1.82) is 0 Å². The molecule has 1 saturated carbocycles. The van der Waals surface area contributed by atoms with E-state index in [0.29, 0.717) is 11.6 Å². The first-order chi connectivity index (χ1) is 18.0. The molecular weight excluding hydrogens is 462 g/mol. The van der Waals surface area contributed by atoms with Crippen molar-refractivity contribution in [2.45, 2.75) is 25.8 Å². The van der Waals surface area contributed by atoms with Crippen molar-refractivity contribution in [3.8, 4) is 11.1 Å². The van der Waals surface area contributed by atoms with Crippen LogP contribution in [0.1, 0.15) is 29.5 Å². The molecular formula is C30H33N5O2. The van der Waals surface area contributed by atoms with Crippen LogP contribution in [0.15, 0.2) is 60.6 Å². The zero-order valence-corrected chi connectivity index (χ0v) is 21.5. The number of nitrogens with zero attached hydrogens (tertiary/aromatic N) is 4. The standard InChI is InChI=1S/C30H33N5O2/c1-34(2)28-8-7-25(18-32-28)33-30(36)29-26-14-22(5-3-21(26)4-6-23-15-27(23)29)24-13-20(16-31-17-24)19-35-9-11-37-12-10-35/h3,5,7-8,13-14,16-18,23H,4,6,9-12,15,19H2,1-2H3,(H,33,36)/t23-/m1/s1. The van der Waals surface area contributed by atoms with Crippen LogP contribution in [0.4, 0.5) is 11.5 Å². The molecule has 1 saturated heterocycles. The average Bonchev–Trinajstić information content (AvgIpc) is 3.69. The van der Waals surface area contributed by atoms with E-state index in [9.17, 15) is 4.79 Å². The molecule has 2 fully saturated rings. The van der Waals surface area contributed by atoms with Gasteiger partial charge in [0.05, 0.1) is 25.1 Å². The molecule has 2 aromatic heterocycles. The fraction of sp³-hybridized carbons (Fsp3) is 0.367. The number of hydrogen-bond acceptors (Lipinski definition) is 6. The van der Waals surface area contributed by atoms with Crippen molar-refractivity contribution in [3.63, 3.8) is 0 Å². The van der Waals surface area contributed by atoms with Gasteiger partial charge in [0.1, 0.15) is 5.82 Å². The highest BCUT2D eigenvalue weighted by Crippen LogP contribution is 2.50. The number of aryl methyl sites for hydroxylation is 1. The number of nitrogens with one attached hydrogen (secondary N) is 1. The van der Waals surface area contributed by atoms with Crippen molar-refractivity contribution < 1.29 is 9.53 Å². The summed E-state index contributed by atoms with van der Waals surface area (Å²) < 4.78 is 5.49. The average molecular weight is 496 g/mol. The van der Waals surface area contributed by atoms with Crippen LogP contribution in [0.5, 0.6) is 0 Å². The van der Waals surface area contributed by atoms with Crippen LogP contribution in [0, 0.1) is 5.92 Å². The number of carbonyl (C=O) groups excluding carboxylic acids is 1. The minimum Gasteiger partial charge on any atom is -0.379 e. The van der Waals surface area contributed by atoms with E-state index >= 15 is 0 Å². The van der Waals surface area contributed by atoms with Gasteiger partial charge in [-0.05, 0) is 71.7 Å². The number of carbonyl (C=O) groups is 1. The molecule has 1 aromatic carbocycles. The summed E-state index contributed by atoms with van der Waals surface area (Å²) in [6, 6.07) is 12.6. The molecule has 1 atom stereocenters. The van der Waals surface area contributed by atoms with Gasteiger partial charge in [0.15, 0.2) is 0 Å². The number of anilines is 2. The Hall–Kier alpha value is -3.55. The monoisotopic (exact) mass is 495 g/mol. The molecule has 1 N–H and O–H groups in total. The Kier molecular flexibility index (Phi) is 6.49. The van der Waals surface area contributed by atoms with Crippen LogP contribution in [0.2, 0.25) is 0 Å². The predicted octanol–water partition coefficient (Wildman–Crippen LogP) is 4.40. The van der Waals surface area contributed by atoms with Gasteiger partial charge in [-0.3, -0.25) is 14.7 Å². The summed E-state index contributed by atoms with van der Waals surface area (Å²) in [5.41, 5.74) is 8.51. The van der Waals surface area contributed by atoms with Gasteiger partial charge in [0.25, 0.3) is 5.91 Å². The van der Waals surface area contributed by atoms with Crippen LogP contribution in [0.3, 0.4) is 0 Å². The second-order valence-corrected chi connectivity index (χ2v) is 10.4. The molecule has 37 heavy (non-hydrogen) atoms. The number of aromatic nitrogens is 2. The molecule has 3 aromatic rings. The van der Waals surface area contributed by atoms with Crippen molar-refractivity contribution in [2.24, 2.45) is 5.92 Å². The highest BCUT2D eigenvalue weighted by atomic mass is 16.5. The molecule has 0 spiro atoms. The van der Waals surface area contributed by atoms with Gasteiger partial charge in [-0.1, -0.05) is 17.7 Å². The quantitative estimate of drug-likeness (QED) is 0.547. The minimum absolute atomic E-state index is 0.0450. The number of allylic oxidation sites excluding steroid dienone is 1. The lowest BCUT2D eigenvalue weighted by atomic mass is 9.92. The number of ether oxygens (including phenoxy) is 1. The summed E-state index contributed by atoms with van der Waals surface area (Å²) in [4.78, 5) is 27.0. The number of morpholine rings is 1. The number of pyridine rings is 2. The lowest BCUT2D eigenvalue weighted by molar-refractivity contribution is -0.111. The molecule has 7 heteroatoms. The first kappa shape index (κ1) is 23.8. The number of fused-ring (bicyclic) bond motifs is 2. The van der Waals surface area contributed by atoms with Gasteiger partial charge in [0, 0.05) is 57.3 Å². The molecule has 1 amide bonds. The van der Waals surface area contributed by atoms with Crippen LogP contribution >= 0.6 is 0 Å². The van der Waals surface area contributed by atoms with Crippen LogP contribution < -0.4 is 10.2 Å². The molecule has 190 valence electrons. The Morgan fingerprint density at radius 1 is 1.08 bits per heavy atom. The van der Waals surface area contributed by atoms with E-state index < -0.39 is 0 Å². The van der Waals surface area contributed by atoms with Crippen LogP contribution in [-0.2, 0) is 22.5 Å². The Balaban J connectivity index is 1.28. The Morgan fingerprint density at radius 3 is 2.73 bits per heavy atom. The highest BCUT2D eigenvalue weighted by Gasteiger charge is 2.38. The van der Waals surface area contributed by atoms with E-state index in [1.54, 1.807) is 6.20 Å². The van der Waals surface area contributed by atoms with Crippen molar-refractivity contribution in [1.82, 2.24) is 14.9 Å². The maximum atomic E-state index is 13.6. The SMILES string of the molecule is CN(C)c1ccc(NC(=O)C2=C3C[C@H]3CCc3ccc(-c4cncc(CN5CCOCC5)c4)cc32)cn1. The lowest BCUT2D eigenvalue weighted by Gasteiger charge is -2.26. The summed E-state index contributed by atoms with van der Waals surface area (Å²) in [6.07, 6.45) is 8.71. The smallest absolute Gasteiger partial charge is 0.256 e. The lowest BCUT2D eigenvalue weighted by Crippen LogP contribution is -2.35. The van der Waals surface area contributed by atoms with Gasteiger partial charge < -0.3 is 15.0 Å². The maximum Gasteiger partial charge on any atom is 0.256 e. The summed E-state index contributed by atoms with van der Waals surface area (Å²) in [6.45, 7) is 4.34. The van der Waals surface area contributed by atoms with Crippen LogP contribution in [0.25, 0.3) is 16.7 Å². The number of hydrogen-bond donors (Lipinski definition) is 1. The number of amides is 1. The fourth-order valence-corrected chi connectivity index (χ4v) is 5.43. The summed E-state index contributed by atoms with van der Waals surface area (Å²) in [7, 11) is 3.91.